The monoisotopic (exact) mass is 397 g/mol. The normalized spacial score (nSPS) is 27.8. The second kappa shape index (κ2) is 6.93. The van der Waals surface area contributed by atoms with Crippen LogP contribution in [0.25, 0.3) is 0 Å². The molecule has 2 fully saturated rings. The second-order valence-corrected chi connectivity index (χ2v) is 7.80. The molecule has 2 saturated heterocycles. The fraction of sp³-hybridized carbons (Fsp3) is 0.500. The lowest BCUT2D eigenvalue weighted by molar-refractivity contribution is -0.137. The quantitative estimate of drug-likeness (QED) is 0.779. The number of fused-ring (bicyclic) bond motifs is 4. The molecule has 0 aliphatic carbocycles. The number of methoxy groups -OCH3 is 1. The molecule has 1 aromatic carbocycles. The Hall–Kier alpha value is -2.78. The Morgan fingerprint density at radius 2 is 2.31 bits per heavy atom. The summed E-state index contributed by atoms with van der Waals surface area (Å²) in [5.74, 6) is -0.00738. The fourth-order valence-corrected chi connectivity index (χ4v) is 5.22. The molecule has 4 heterocycles. The summed E-state index contributed by atoms with van der Waals surface area (Å²) in [6.45, 7) is 1.19. The molecule has 29 heavy (non-hydrogen) atoms. The topological polar surface area (TPSA) is 110 Å². The van der Waals surface area contributed by atoms with E-state index in [0.29, 0.717) is 18.1 Å². The largest absolute Gasteiger partial charge is 0.377 e. The first-order chi connectivity index (χ1) is 14.1. The number of hydrogen-bond acceptors (Lipinski definition) is 7. The molecule has 0 radical (unpaired) electrons. The standard InChI is InChI=1S/C20H23N5O4/c1-28-11-16-23-17(29-24-16)10-21-18(26)14-9-12-5-4-8-25(12)20(14)13-6-2-3-7-15(13)22-19(20)27/h2-3,6-7,12,14H,4-5,8-11H2,1H3,(H,21,26)(H,22,27)/t12-,14-,20+/m1/s1. The van der Waals surface area contributed by atoms with Crippen molar-refractivity contribution in [1.29, 1.82) is 0 Å². The number of carbonyl (C=O) groups is 2. The first kappa shape index (κ1) is 18.3. The highest BCUT2D eigenvalue weighted by atomic mass is 16.5. The average Bonchev–Trinajstić information content (AvgIpc) is 3.46. The fourth-order valence-electron chi connectivity index (χ4n) is 5.22. The maximum Gasteiger partial charge on any atom is 0.250 e. The molecule has 9 heteroatoms. The molecule has 1 spiro atoms. The van der Waals surface area contributed by atoms with Crippen molar-refractivity contribution >= 4 is 17.5 Å². The smallest absolute Gasteiger partial charge is 0.250 e. The van der Waals surface area contributed by atoms with Gasteiger partial charge in [-0.1, -0.05) is 23.4 Å². The van der Waals surface area contributed by atoms with Crippen LogP contribution in [-0.2, 0) is 33.0 Å². The molecule has 3 aliphatic heterocycles. The van der Waals surface area contributed by atoms with Crippen molar-refractivity contribution in [1.82, 2.24) is 20.4 Å². The maximum atomic E-state index is 13.3. The van der Waals surface area contributed by atoms with Gasteiger partial charge in [0.25, 0.3) is 0 Å². The van der Waals surface area contributed by atoms with E-state index in [4.69, 9.17) is 9.26 Å². The van der Waals surface area contributed by atoms with Gasteiger partial charge in [0.2, 0.25) is 17.7 Å². The van der Waals surface area contributed by atoms with E-state index in [0.717, 1.165) is 30.6 Å². The highest BCUT2D eigenvalue weighted by Crippen LogP contribution is 2.55. The summed E-state index contributed by atoms with van der Waals surface area (Å²) in [6.07, 6.45) is 2.71. The number of para-hydroxylation sites is 1. The third-order valence-electron chi connectivity index (χ3n) is 6.29. The van der Waals surface area contributed by atoms with Crippen molar-refractivity contribution in [3.63, 3.8) is 0 Å². The first-order valence-electron chi connectivity index (χ1n) is 9.90. The number of hydrogen-bond donors (Lipinski definition) is 2. The number of rotatable bonds is 5. The van der Waals surface area contributed by atoms with Crippen molar-refractivity contribution in [2.45, 2.75) is 44.0 Å². The second-order valence-electron chi connectivity index (χ2n) is 7.80. The molecule has 0 bridgehead atoms. The summed E-state index contributed by atoms with van der Waals surface area (Å²) in [7, 11) is 1.55. The predicted molar refractivity (Wildman–Crippen MR) is 101 cm³/mol. The first-order valence-corrected chi connectivity index (χ1v) is 9.90. The summed E-state index contributed by atoms with van der Waals surface area (Å²) in [4.78, 5) is 33.0. The number of benzene rings is 1. The molecule has 2 N–H and O–H groups in total. The van der Waals surface area contributed by atoms with Crippen LogP contribution in [-0.4, -0.2) is 46.6 Å². The number of amides is 2. The van der Waals surface area contributed by atoms with E-state index in [1.54, 1.807) is 7.11 Å². The molecule has 2 aromatic rings. The Labute approximate surface area is 167 Å². The van der Waals surface area contributed by atoms with E-state index in [-0.39, 0.29) is 31.0 Å². The summed E-state index contributed by atoms with van der Waals surface area (Å²) >= 11 is 0. The minimum Gasteiger partial charge on any atom is -0.377 e. The minimum absolute atomic E-state index is 0.108. The molecule has 1 aromatic heterocycles. The van der Waals surface area contributed by atoms with E-state index in [1.165, 1.54) is 0 Å². The van der Waals surface area contributed by atoms with Gasteiger partial charge >= 0.3 is 0 Å². The number of nitrogens with zero attached hydrogens (tertiary/aromatic N) is 3. The third-order valence-corrected chi connectivity index (χ3v) is 6.29. The number of nitrogens with one attached hydrogen (secondary N) is 2. The SMILES string of the molecule is COCc1noc(CNC(=O)[C@H]2C[C@H]3CCCN3[C@]23C(=O)Nc2ccccc23)n1. The van der Waals surface area contributed by atoms with Crippen LogP contribution in [0.3, 0.4) is 0 Å². The van der Waals surface area contributed by atoms with Crippen LogP contribution in [0, 0.1) is 5.92 Å². The van der Waals surface area contributed by atoms with Crippen LogP contribution in [0.4, 0.5) is 5.69 Å². The third kappa shape index (κ3) is 2.68. The van der Waals surface area contributed by atoms with E-state index in [9.17, 15) is 9.59 Å². The van der Waals surface area contributed by atoms with Gasteiger partial charge in [0.1, 0.15) is 12.1 Å². The number of aromatic nitrogens is 2. The zero-order valence-electron chi connectivity index (χ0n) is 16.2. The molecule has 0 saturated carbocycles. The van der Waals surface area contributed by atoms with Gasteiger partial charge in [0, 0.05) is 24.4 Å². The molecular formula is C20H23N5O4. The van der Waals surface area contributed by atoms with Crippen LogP contribution in [0.15, 0.2) is 28.8 Å². The Kier molecular flexibility index (Phi) is 4.36. The van der Waals surface area contributed by atoms with Crippen LogP contribution in [0.5, 0.6) is 0 Å². The Morgan fingerprint density at radius 1 is 1.45 bits per heavy atom. The van der Waals surface area contributed by atoms with Crippen LogP contribution >= 0.6 is 0 Å². The van der Waals surface area contributed by atoms with Gasteiger partial charge in [-0.05, 0) is 31.9 Å². The predicted octanol–water partition coefficient (Wildman–Crippen LogP) is 1.16. The Balaban J connectivity index is 1.42. The highest BCUT2D eigenvalue weighted by Gasteiger charge is 2.65. The summed E-state index contributed by atoms with van der Waals surface area (Å²) < 4.78 is 10.1. The zero-order valence-corrected chi connectivity index (χ0v) is 16.2. The van der Waals surface area contributed by atoms with Gasteiger partial charge in [0.15, 0.2) is 5.82 Å². The van der Waals surface area contributed by atoms with Gasteiger partial charge in [-0.15, -0.1) is 0 Å². The summed E-state index contributed by atoms with van der Waals surface area (Å²) in [5, 5.41) is 9.71. The minimum atomic E-state index is -0.947. The van der Waals surface area contributed by atoms with E-state index in [1.807, 2.05) is 24.3 Å². The van der Waals surface area contributed by atoms with Crippen LogP contribution in [0.2, 0.25) is 0 Å². The van der Waals surface area contributed by atoms with Gasteiger partial charge in [0.05, 0.1) is 12.5 Å². The lowest BCUT2D eigenvalue weighted by Crippen LogP contribution is -2.54. The lowest BCUT2D eigenvalue weighted by Gasteiger charge is -2.36. The van der Waals surface area contributed by atoms with Crippen LogP contribution < -0.4 is 10.6 Å². The van der Waals surface area contributed by atoms with Crippen molar-refractivity contribution in [2.24, 2.45) is 5.92 Å². The number of carbonyl (C=O) groups excluding carboxylic acids is 2. The molecule has 0 unspecified atom stereocenters. The van der Waals surface area contributed by atoms with Crippen molar-refractivity contribution in [2.75, 3.05) is 19.0 Å². The summed E-state index contributed by atoms with van der Waals surface area (Å²) in [6, 6.07) is 7.92. The molecule has 5 rings (SSSR count). The average molecular weight is 397 g/mol. The molecule has 3 atom stereocenters. The number of anilines is 1. The van der Waals surface area contributed by atoms with Crippen molar-refractivity contribution in [3.8, 4) is 0 Å². The van der Waals surface area contributed by atoms with Gasteiger partial charge in [-0.2, -0.15) is 4.98 Å². The highest BCUT2D eigenvalue weighted by molar-refractivity contribution is 6.09. The maximum absolute atomic E-state index is 13.3. The van der Waals surface area contributed by atoms with E-state index >= 15 is 0 Å². The van der Waals surface area contributed by atoms with Gasteiger partial charge in [-0.3, -0.25) is 14.5 Å². The summed E-state index contributed by atoms with van der Waals surface area (Å²) in [5.41, 5.74) is 0.747. The van der Waals surface area contributed by atoms with Crippen LogP contribution in [0.1, 0.15) is 36.5 Å². The van der Waals surface area contributed by atoms with E-state index in [2.05, 4.69) is 25.7 Å². The molecular weight excluding hydrogens is 374 g/mol. The molecule has 3 aliphatic rings. The Morgan fingerprint density at radius 3 is 3.17 bits per heavy atom. The van der Waals surface area contributed by atoms with Crippen molar-refractivity contribution < 1.29 is 18.8 Å². The molecule has 152 valence electrons. The van der Waals surface area contributed by atoms with E-state index < -0.39 is 11.5 Å². The molecule has 9 nitrogen and oxygen atoms in total. The van der Waals surface area contributed by atoms with Crippen molar-refractivity contribution in [3.05, 3.63) is 41.5 Å². The van der Waals surface area contributed by atoms with Gasteiger partial charge in [-0.25, -0.2) is 0 Å². The molecule has 2 amide bonds. The lowest BCUT2D eigenvalue weighted by atomic mass is 9.78. The Bertz CT molecular complexity index is 960. The zero-order chi connectivity index (χ0) is 20.0. The number of ether oxygens (including phenoxy) is 1. The van der Waals surface area contributed by atoms with Gasteiger partial charge < -0.3 is 19.9 Å².